The van der Waals surface area contributed by atoms with Crippen molar-refractivity contribution in [2.75, 3.05) is 0 Å². The molecular weight excluding hydrogens is 442 g/mol. The number of aliphatic hydroxyl groups excluding tert-OH is 1. The van der Waals surface area contributed by atoms with E-state index in [4.69, 9.17) is 0 Å². The number of aromatic nitrogens is 1. The molecule has 0 aromatic carbocycles. The van der Waals surface area contributed by atoms with Gasteiger partial charge in [0.2, 0.25) is 5.78 Å². The molecule has 0 bridgehead atoms. The van der Waals surface area contributed by atoms with Crippen molar-refractivity contribution in [3.8, 4) is 0 Å². The molecule has 5 aliphatic rings. The predicted octanol–water partition coefficient (Wildman–Crippen LogP) is 8.11. The quantitative estimate of drug-likeness (QED) is 0.460. The zero-order chi connectivity index (χ0) is 25.7. The molecule has 0 radical (unpaired) electrons. The predicted molar refractivity (Wildman–Crippen MR) is 145 cm³/mol. The Bertz CT molecular complexity index is 1260. The number of allylic oxidation sites excluding steroid dienone is 7. The van der Waals surface area contributed by atoms with Crippen LogP contribution in [0.15, 0.2) is 70.8 Å². The maximum atomic E-state index is 12.7. The molecular formula is C33H43NO2. The Kier molecular flexibility index (Phi) is 4.94. The van der Waals surface area contributed by atoms with Crippen LogP contribution in [-0.4, -0.2) is 15.5 Å². The summed E-state index contributed by atoms with van der Waals surface area (Å²) in [6, 6.07) is 4.30. The molecule has 1 aromatic rings. The molecule has 1 N–H and O–H groups in total. The summed E-state index contributed by atoms with van der Waals surface area (Å²) in [4.78, 5) is 12.7. The smallest absolute Gasteiger partial charge is 0.220 e. The van der Waals surface area contributed by atoms with E-state index in [1.165, 1.54) is 44.1 Å². The number of aliphatic hydroxyl groups is 1. The topological polar surface area (TPSA) is 42.2 Å². The normalized spacial score (nSPS) is 44.0. The van der Waals surface area contributed by atoms with E-state index in [2.05, 4.69) is 75.9 Å². The largest absolute Gasteiger partial charge is 0.504 e. The van der Waals surface area contributed by atoms with Crippen molar-refractivity contribution < 1.29 is 9.90 Å². The first-order valence-electron chi connectivity index (χ1n) is 14.1. The molecule has 3 saturated carbocycles. The lowest BCUT2D eigenvalue weighted by atomic mass is 9.34. The maximum absolute atomic E-state index is 12.7. The number of hydrogen-bond acceptors (Lipinski definition) is 2. The van der Waals surface area contributed by atoms with Crippen LogP contribution in [0.2, 0.25) is 0 Å². The molecule has 0 amide bonds. The lowest BCUT2D eigenvalue weighted by Crippen LogP contribution is -2.61. The molecule has 5 aliphatic carbocycles. The highest BCUT2D eigenvalue weighted by atomic mass is 16.3. The fourth-order valence-electron chi connectivity index (χ4n) is 9.58. The standard InChI is InChI=1S/C33H43NO2/c1-22-23-9-10-26-31(4,24(23)19-25(35)28(22)36)14-16-33(6)27-20-29(2,21-34-17-7-8-18-34)11-12-30(27,3)13-15-32(26,33)5/h7-10,17-19,27,36H,11-16,20-21H2,1-6H3/t27-,29-,30-,31+,32-,33+/m1/s1. The van der Waals surface area contributed by atoms with Crippen LogP contribution in [0, 0.1) is 33.0 Å². The van der Waals surface area contributed by atoms with Gasteiger partial charge in [-0.05, 0) is 109 Å². The Labute approximate surface area is 217 Å². The van der Waals surface area contributed by atoms with Gasteiger partial charge in [-0.25, -0.2) is 0 Å². The maximum Gasteiger partial charge on any atom is 0.220 e. The molecule has 6 rings (SSSR count). The molecule has 3 heteroatoms. The molecule has 1 aromatic heterocycles. The monoisotopic (exact) mass is 485 g/mol. The minimum absolute atomic E-state index is 0.0880. The molecule has 6 atom stereocenters. The van der Waals surface area contributed by atoms with Crippen molar-refractivity contribution in [1.29, 1.82) is 0 Å². The lowest BCUT2D eigenvalue weighted by Gasteiger charge is -2.70. The summed E-state index contributed by atoms with van der Waals surface area (Å²) in [5.41, 5.74) is 5.35. The molecule has 36 heavy (non-hydrogen) atoms. The van der Waals surface area contributed by atoms with Gasteiger partial charge >= 0.3 is 0 Å². The van der Waals surface area contributed by atoms with Gasteiger partial charge in [0, 0.05) is 29.9 Å². The minimum atomic E-state index is -0.232. The van der Waals surface area contributed by atoms with E-state index in [0.29, 0.717) is 16.7 Å². The lowest BCUT2D eigenvalue weighted by molar-refractivity contribution is -0.163. The Morgan fingerprint density at radius 3 is 2.36 bits per heavy atom. The van der Waals surface area contributed by atoms with E-state index in [0.717, 1.165) is 29.7 Å². The van der Waals surface area contributed by atoms with Crippen molar-refractivity contribution in [2.24, 2.45) is 33.0 Å². The number of fused-ring (bicyclic) bond motifs is 7. The number of rotatable bonds is 2. The summed E-state index contributed by atoms with van der Waals surface area (Å²) in [7, 11) is 0. The Morgan fingerprint density at radius 1 is 0.944 bits per heavy atom. The highest BCUT2D eigenvalue weighted by Gasteiger charge is 2.66. The average molecular weight is 486 g/mol. The highest BCUT2D eigenvalue weighted by Crippen LogP contribution is 2.75. The van der Waals surface area contributed by atoms with Crippen LogP contribution < -0.4 is 0 Å². The first-order chi connectivity index (χ1) is 16.9. The van der Waals surface area contributed by atoms with Crippen LogP contribution in [0.5, 0.6) is 0 Å². The third kappa shape index (κ3) is 3.01. The number of carbonyl (C=O) groups is 1. The summed E-state index contributed by atoms with van der Waals surface area (Å²) in [6.45, 7) is 15.7. The molecule has 1 heterocycles. The first-order valence-corrected chi connectivity index (χ1v) is 14.1. The second-order valence-electron chi connectivity index (χ2n) is 14.2. The van der Waals surface area contributed by atoms with E-state index in [1.807, 2.05) is 6.92 Å². The summed E-state index contributed by atoms with van der Waals surface area (Å²) in [5, 5.41) is 10.4. The summed E-state index contributed by atoms with van der Waals surface area (Å²) >= 11 is 0. The molecule has 0 aliphatic heterocycles. The number of ketones is 1. The Balaban J connectivity index is 1.42. The fraction of sp³-hybridized carbons (Fsp3) is 0.606. The zero-order valence-electron chi connectivity index (χ0n) is 23.1. The van der Waals surface area contributed by atoms with Crippen molar-refractivity contribution in [3.63, 3.8) is 0 Å². The van der Waals surface area contributed by atoms with Gasteiger partial charge in [-0.1, -0.05) is 52.3 Å². The van der Waals surface area contributed by atoms with Crippen molar-refractivity contribution in [3.05, 3.63) is 70.8 Å². The Morgan fingerprint density at radius 2 is 1.64 bits per heavy atom. The third-order valence-corrected chi connectivity index (χ3v) is 12.2. The van der Waals surface area contributed by atoms with Crippen LogP contribution in [0.4, 0.5) is 0 Å². The van der Waals surface area contributed by atoms with Gasteiger partial charge in [0.1, 0.15) is 0 Å². The third-order valence-electron chi connectivity index (χ3n) is 12.2. The fourth-order valence-corrected chi connectivity index (χ4v) is 9.58. The highest BCUT2D eigenvalue weighted by molar-refractivity contribution is 6.06. The van der Waals surface area contributed by atoms with E-state index in [9.17, 15) is 9.90 Å². The zero-order valence-corrected chi connectivity index (χ0v) is 23.1. The number of hydrogen-bond donors (Lipinski definition) is 1. The van der Waals surface area contributed by atoms with Crippen molar-refractivity contribution in [1.82, 2.24) is 4.57 Å². The van der Waals surface area contributed by atoms with Gasteiger partial charge < -0.3 is 9.67 Å². The Hall–Kier alpha value is -2.29. The molecule has 3 nitrogen and oxygen atoms in total. The number of nitrogens with zero attached hydrogens (tertiary/aromatic N) is 1. The van der Waals surface area contributed by atoms with Gasteiger partial charge in [-0.3, -0.25) is 4.79 Å². The average Bonchev–Trinajstić information content (AvgIpc) is 3.34. The minimum Gasteiger partial charge on any atom is -0.504 e. The van der Waals surface area contributed by atoms with E-state index < -0.39 is 0 Å². The van der Waals surface area contributed by atoms with E-state index in [-0.39, 0.29) is 27.8 Å². The van der Waals surface area contributed by atoms with Gasteiger partial charge in [0.25, 0.3) is 0 Å². The molecule has 3 fully saturated rings. The van der Waals surface area contributed by atoms with Crippen LogP contribution in [0.25, 0.3) is 0 Å². The van der Waals surface area contributed by atoms with Gasteiger partial charge in [-0.15, -0.1) is 0 Å². The molecule has 0 spiro atoms. The van der Waals surface area contributed by atoms with Gasteiger partial charge in [-0.2, -0.15) is 0 Å². The summed E-state index contributed by atoms with van der Waals surface area (Å²) in [5.74, 6) is 0.362. The first kappa shape index (κ1) is 24.1. The molecule has 0 saturated heterocycles. The van der Waals surface area contributed by atoms with Crippen LogP contribution in [0.3, 0.4) is 0 Å². The summed E-state index contributed by atoms with van der Waals surface area (Å²) in [6.07, 6.45) is 19.5. The van der Waals surface area contributed by atoms with Crippen LogP contribution in [0.1, 0.15) is 86.5 Å². The van der Waals surface area contributed by atoms with Gasteiger partial charge in [0.05, 0.1) is 0 Å². The number of carbonyl (C=O) groups excluding carboxylic acids is 1. The van der Waals surface area contributed by atoms with Gasteiger partial charge in [0.15, 0.2) is 5.76 Å². The van der Waals surface area contributed by atoms with Crippen molar-refractivity contribution >= 4 is 5.78 Å². The SMILES string of the molecule is CC1=C(O)C(=O)C=C2C1=CC=C1[C@@]2(C)CC[C@@]2(C)[C@@H]3C[C@](C)(Cn4cccc4)CC[C@]3(C)CC[C@]12C. The van der Waals surface area contributed by atoms with E-state index >= 15 is 0 Å². The second kappa shape index (κ2) is 7.39. The van der Waals surface area contributed by atoms with Crippen LogP contribution in [-0.2, 0) is 11.3 Å². The molecule has 0 unspecified atom stereocenters. The summed E-state index contributed by atoms with van der Waals surface area (Å²) < 4.78 is 2.39. The van der Waals surface area contributed by atoms with Crippen LogP contribution >= 0.6 is 0 Å². The van der Waals surface area contributed by atoms with Crippen molar-refractivity contribution in [2.45, 2.75) is 93.0 Å². The second-order valence-corrected chi connectivity index (χ2v) is 14.2. The molecule has 192 valence electrons. The van der Waals surface area contributed by atoms with E-state index in [1.54, 1.807) is 6.08 Å².